The first kappa shape index (κ1) is 20.3. The van der Waals surface area contributed by atoms with Crippen LogP contribution in [0, 0.1) is 0 Å². The van der Waals surface area contributed by atoms with Crippen molar-refractivity contribution in [2.24, 2.45) is 0 Å². The van der Waals surface area contributed by atoms with Crippen LogP contribution < -0.4 is 15.5 Å². The van der Waals surface area contributed by atoms with Crippen molar-refractivity contribution in [2.45, 2.75) is 19.0 Å². The largest absolute Gasteiger partial charge is 0.339 e. The number of amides is 3. The number of nitrogens with one attached hydrogen (secondary N) is 2. The number of carbonyl (C=O) groups is 3. The molecule has 4 rings (SSSR count). The Morgan fingerprint density at radius 1 is 0.968 bits per heavy atom. The molecule has 2 N–H and O–H groups in total. The molecule has 0 aliphatic carbocycles. The Morgan fingerprint density at radius 3 is 2.39 bits per heavy atom. The number of anilines is 1. The van der Waals surface area contributed by atoms with Crippen LogP contribution >= 0.6 is 0 Å². The number of pyridine rings is 1. The van der Waals surface area contributed by atoms with Crippen LogP contribution in [0.1, 0.15) is 29.0 Å². The van der Waals surface area contributed by atoms with Crippen LogP contribution in [-0.2, 0) is 9.59 Å². The molecule has 2 atom stereocenters. The third kappa shape index (κ3) is 3.90. The van der Waals surface area contributed by atoms with E-state index in [1.165, 1.54) is 6.20 Å². The molecule has 2 heterocycles. The fourth-order valence-electron chi connectivity index (χ4n) is 3.67. The fourth-order valence-corrected chi connectivity index (χ4v) is 3.67. The maximum atomic E-state index is 13.3. The summed E-state index contributed by atoms with van der Waals surface area (Å²) in [4.78, 5) is 44.1. The number of nitrogens with zero attached hydrogens (tertiary/aromatic N) is 2. The highest BCUT2D eigenvalue weighted by atomic mass is 16.2. The number of hydrogen-bond donors (Lipinski definition) is 2. The van der Waals surface area contributed by atoms with Gasteiger partial charge in [0.05, 0.1) is 5.69 Å². The van der Waals surface area contributed by atoms with Gasteiger partial charge in [-0.3, -0.25) is 19.4 Å². The number of benzene rings is 2. The Bertz CT molecular complexity index is 1150. The second-order valence-corrected chi connectivity index (χ2v) is 7.35. The van der Waals surface area contributed by atoms with Crippen LogP contribution in [0.4, 0.5) is 5.69 Å². The van der Waals surface area contributed by atoms with Crippen molar-refractivity contribution in [3.05, 3.63) is 84.2 Å². The molecule has 0 bridgehead atoms. The summed E-state index contributed by atoms with van der Waals surface area (Å²) in [6, 6.07) is 18.4. The highest BCUT2D eigenvalue weighted by Gasteiger charge is 2.34. The lowest BCUT2D eigenvalue weighted by Crippen LogP contribution is -2.49. The summed E-state index contributed by atoms with van der Waals surface area (Å²) in [5, 5.41) is 5.45. The van der Waals surface area contributed by atoms with E-state index in [9.17, 15) is 14.4 Å². The van der Waals surface area contributed by atoms with Gasteiger partial charge >= 0.3 is 0 Å². The van der Waals surface area contributed by atoms with Crippen molar-refractivity contribution < 1.29 is 14.4 Å². The first-order valence-electron chi connectivity index (χ1n) is 9.95. The van der Waals surface area contributed by atoms with E-state index in [0.29, 0.717) is 5.56 Å². The summed E-state index contributed by atoms with van der Waals surface area (Å²) in [6.07, 6.45) is 1.51. The molecule has 0 spiro atoms. The molecule has 156 valence electrons. The molecule has 1 aliphatic rings. The van der Waals surface area contributed by atoms with Gasteiger partial charge in [0, 0.05) is 18.8 Å². The van der Waals surface area contributed by atoms with Crippen LogP contribution in [0.15, 0.2) is 72.9 Å². The minimum absolute atomic E-state index is 0.216. The van der Waals surface area contributed by atoms with Crippen molar-refractivity contribution in [1.29, 1.82) is 0 Å². The van der Waals surface area contributed by atoms with E-state index in [1.54, 1.807) is 37.1 Å². The third-order valence-electron chi connectivity index (χ3n) is 5.33. The van der Waals surface area contributed by atoms with E-state index in [4.69, 9.17) is 0 Å². The van der Waals surface area contributed by atoms with Crippen LogP contribution in [0.25, 0.3) is 11.1 Å². The van der Waals surface area contributed by atoms with Crippen molar-refractivity contribution in [3.8, 4) is 11.1 Å². The second kappa shape index (κ2) is 8.39. The molecule has 0 radical (unpaired) electrons. The lowest BCUT2D eigenvalue weighted by molar-refractivity contribution is -0.128. The maximum absolute atomic E-state index is 13.3. The van der Waals surface area contributed by atoms with Gasteiger partial charge in [0.25, 0.3) is 11.8 Å². The van der Waals surface area contributed by atoms with Gasteiger partial charge in [-0.05, 0) is 36.2 Å². The maximum Gasteiger partial charge on any atom is 0.270 e. The fraction of sp³-hybridized carbons (Fsp3) is 0.167. The van der Waals surface area contributed by atoms with E-state index < -0.39 is 23.9 Å². The van der Waals surface area contributed by atoms with E-state index in [1.807, 2.05) is 48.5 Å². The second-order valence-electron chi connectivity index (χ2n) is 7.35. The van der Waals surface area contributed by atoms with Crippen molar-refractivity contribution >= 4 is 23.4 Å². The summed E-state index contributed by atoms with van der Waals surface area (Å²) in [5.74, 6) is -1.17. The first-order valence-corrected chi connectivity index (χ1v) is 9.95. The topological polar surface area (TPSA) is 91.4 Å². The van der Waals surface area contributed by atoms with E-state index in [2.05, 4.69) is 15.6 Å². The van der Waals surface area contributed by atoms with E-state index in [-0.39, 0.29) is 11.6 Å². The van der Waals surface area contributed by atoms with Gasteiger partial charge in [-0.2, -0.15) is 0 Å². The standard InChI is InChI=1S/C24H22N4O3/c1-15(26-23(30)19-12-7-8-14-25-19)22(29)27-21-18-11-4-3-9-16(18)17-10-5-6-13-20(17)28(2)24(21)31/h3-15,21H,1-2H3,(H,26,30)(H,27,29)/t15-,21-/m0/s1. The van der Waals surface area contributed by atoms with Crippen molar-refractivity contribution in [3.63, 3.8) is 0 Å². The Kier molecular flexibility index (Phi) is 5.49. The molecule has 7 heteroatoms. The van der Waals surface area contributed by atoms with E-state index >= 15 is 0 Å². The molecule has 0 fully saturated rings. The third-order valence-corrected chi connectivity index (χ3v) is 5.33. The minimum Gasteiger partial charge on any atom is -0.339 e. The van der Waals surface area contributed by atoms with Crippen molar-refractivity contribution in [1.82, 2.24) is 15.6 Å². The lowest BCUT2D eigenvalue weighted by Gasteiger charge is -2.24. The summed E-state index contributed by atoms with van der Waals surface area (Å²) < 4.78 is 0. The Balaban J connectivity index is 1.60. The summed E-state index contributed by atoms with van der Waals surface area (Å²) >= 11 is 0. The van der Waals surface area contributed by atoms with Gasteiger partial charge in [0.2, 0.25) is 5.91 Å². The van der Waals surface area contributed by atoms with Crippen LogP contribution in [0.3, 0.4) is 0 Å². The zero-order valence-corrected chi connectivity index (χ0v) is 17.2. The predicted octanol–water partition coefficient (Wildman–Crippen LogP) is 2.70. The number of hydrogen-bond acceptors (Lipinski definition) is 4. The highest BCUT2D eigenvalue weighted by molar-refractivity contribution is 6.06. The number of carbonyl (C=O) groups excluding carboxylic acids is 3. The van der Waals surface area contributed by atoms with Crippen LogP contribution in [-0.4, -0.2) is 35.8 Å². The SMILES string of the molecule is C[C@H](NC(=O)c1ccccn1)C(=O)N[C@@H]1C(=O)N(C)c2ccccc2-c2ccccc21. The number of fused-ring (bicyclic) bond motifs is 3. The lowest BCUT2D eigenvalue weighted by atomic mass is 9.95. The van der Waals surface area contributed by atoms with E-state index in [0.717, 1.165) is 16.8 Å². The molecule has 1 aliphatic heterocycles. The zero-order valence-electron chi connectivity index (χ0n) is 17.2. The first-order chi connectivity index (χ1) is 15.0. The van der Waals surface area contributed by atoms with Gasteiger partial charge < -0.3 is 15.5 Å². The summed E-state index contributed by atoms with van der Waals surface area (Å²) in [5.41, 5.74) is 3.50. The molecule has 3 amide bonds. The monoisotopic (exact) mass is 414 g/mol. The molecule has 3 aromatic rings. The van der Waals surface area contributed by atoms with Crippen LogP contribution in [0.2, 0.25) is 0 Å². The molecule has 31 heavy (non-hydrogen) atoms. The molecule has 7 nitrogen and oxygen atoms in total. The van der Waals surface area contributed by atoms with Gasteiger partial charge in [0.15, 0.2) is 0 Å². The minimum atomic E-state index is -0.879. The van der Waals surface area contributed by atoms with Gasteiger partial charge in [-0.25, -0.2) is 0 Å². The number of aromatic nitrogens is 1. The Labute approximate surface area is 180 Å². The smallest absolute Gasteiger partial charge is 0.270 e. The average Bonchev–Trinajstić information content (AvgIpc) is 2.89. The van der Waals surface area contributed by atoms with Crippen molar-refractivity contribution in [2.75, 3.05) is 11.9 Å². The average molecular weight is 414 g/mol. The number of rotatable bonds is 4. The van der Waals surface area contributed by atoms with Crippen LogP contribution in [0.5, 0.6) is 0 Å². The summed E-state index contributed by atoms with van der Waals surface area (Å²) in [6.45, 7) is 1.57. The molecule has 0 saturated heterocycles. The molecule has 0 unspecified atom stereocenters. The number of likely N-dealkylation sites (N-methyl/N-ethyl adjacent to an activating group) is 1. The number of para-hydroxylation sites is 1. The molecular weight excluding hydrogens is 392 g/mol. The normalized spacial score (nSPS) is 15.9. The van der Waals surface area contributed by atoms with Gasteiger partial charge in [0.1, 0.15) is 17.8 Å². The molecule has 2 aromatic carbocycles. The quantitative estimate of drug-likeness (QED) is 0.687. The molecule has 1 aromatic heterocycles. The highest BCUT2D eigenvalue weighted by Crippen LogP contribution is 2.39. The Hall–Kier alpha value is -4.00. The zero-order chi connectivity index (χ0) is 22.0. The predicted molar refractivity (Wildman–Crippen MR) is 117 cm³/mol. The summed E-state index contributed by atoms with van der Waals surface area (Å²) in [7, 11) is 1.69. The molecular formula is C24H22N4O3. The van der Waals surface area contributed by atoms with Gasteiger partial charge in [-0.15, -0.1) is 0 Å². The molecule has 0 saturated carbocycles. The Morgan fingerprint density at radius 2 is 1.65 bits per heavy atom. The van der Waals surface area contributed by atoms with Gasteiger partial charge in [-0.1, -0.05) is 48.5 Å².